The van der Waals surface area contributed by atoms with Crippen molar-refractivity contribution < 1.29 is 30.0 Å². The second-order valence-corrected chi connectivity index (χ2v) is 5.03. The van der Waals surface area contributed by atoms with Crippen LogP contribution >= 0.6 is 0 Å². The molecule has 0 amide bonds. The predicted octanol–water partition coefficient (Wildman–Crippen LogP) is -3.23. The summed E-state index contributed by atoms with van der Waals surface area (Å²) in [5, 5.41) is 38.2. The lowest BCUT2D eigenvalue weighted by Crippen LogP contribution is -2.42. The van der Waals surface area contributed by atoms with Crippen molar-refractivity contribution in [2.45, 2.75) is 30.6 Å². The van der Waals surface area contributed by atoms with E-state index in [4.69, 9.17) is 15.6 Å². The number of aromatic nitrogens is 4. The zero-order chi connectivity index (χ0) is 16.9. The average Bonchev–Trinajstić information content (AvgIpc) is 3.01. The van der Waals surface area contributed by atoms with E-state index in [0.29, 0.717) is 0 Å². The van der Waals surface area contributed by atoms with Crippen LogP contribution in [0.25, 0.3) is 11.2 Å². The highest BCUT2D eigenvalue weighted by molar-refractivity contribution is 5.73. The molecule has 2 aromatic heterocycles. The number of nitrogens with one attached hydrogen (secondary N) is 1. The summed E-state index contributed by atoms with van der Waals surface area (Å²) in [6.07, 6.45) is -7.02. The van der Waals surface area contributed by atoms with E-state index in [0.717, 1.165) is 10.9 Å². The third-order valence-electron chi connectivity index (χ3n) is 3.56. The van der Waals surface area contributed by atoms with Gasteiger partial charge in [0.15, 0.2) is 23.5 Å². The summed E-state index contributed by atoms with van der Waals surface area (Å²) >= 11 is 0. The van der Waals surface area contributed by atoms with Crippen LogP contribution in [0.1, 0.15) is 6.23 Å². The number of imidazole rings is 1. The zero-order valence-electron chi connectivity index (χ0n) is 11.4. The highest BCUT2D eigenvalue weighted by atomic mass is 16.6. The molecule has 0 spiro atoms. The Kier molecular flexibility index (Phi) is 3.52. The number of aromatic amines is 1. The van der Waals surface area contributed by atoms with Gasteiger partial charge in [-0.1, -0.05) is 0 Å². The van der Waals surface area contributed by atoms with Crippen molar-refractivity contribution in [3.8, 4) is 0 Å². The van der Waals surface area contributed by atoms with Crippen LogP contribution in [-0.4, -0.2) is 70.3 Å². The van der Waals surface area contributed by atoms with Gasteiger partial charge >= 0.3 is 5.97 Å². The Morgan fingerprint density at radius 1 is 1.43 bits per heavy atom. The van der Waals surface area contributed by atoms with E-state index in [-0.39, 0.29) is 17.1 Å². The Hall–Kier alpha value is -2.54. The molecule has 7 N–H and O–H groups in total. The number of fused-ring (bicyclic) bond motifs is 1. The van der Waals surface area contributed by atoms with E-state index >= 15 is 0 Å². The second-order valence-electron chi connectivity index (χ2n) is 5.03. The maximum Gasteiger partial charge on any atom is 0.335 e. The monoisotopic (exact) mass is 327 g/mol. The van der Waals surface area contributed by atoms with Gasteiger partial charge in [-0.2, -0.15) is 4.98 Å². The normalized spacial score (nSPS) is 29.0. The molecule has 0 radical (unpaired) electrons. The standard InChI is InChI=1S/C11H13N5O7/c12-11-14-7-2(8(20)15-11)13-1-16(7)9-4(18)3(17)6(23-9)5(19)10(21)22/h1,3-6,9,17-19H,(H,21,22)(H3,12,14,15,20). The van der Waals surface area contributed by atoms with Gasteiger partial charge in [0.1, 0.15) is 18.3 Å². The number of rotatable bonds is 3. The first-order valence-electron chi connectivity index (χ1n) is 6.46. The number of nitrogens with two attached hydrogens (primary N) is 1. The Morgan fingerprint density at radius 3 is 2.78 bits per heavy atom. The van der Waals surface area contributed by atoms with Crippen LogP contribution in [0.3, 0.4) is 0 Å². The largest absolute Gasteiger partial charge is 0.479 e. The van der Waals surface area contributed by atoms with Gasteiger partial charge in [0.2, 0.25) is 5.95 Å². The summed E-state index contributed by atoms with van der Waals surface area (Å²) in [5.41, 5.74) is 4.74. The van der Waals surface area contributed by atoms with Crippen molar-refractivity contribution in [1.29, 1.82) is 0 Å². The van der Waals surface area contributed by atoms with E-state index < -0.39 is 42.2 Å². The van der Waals surface area contributed by atoms with Gasteiger partial charge in [-0.25, -0.2) is 9.78 Å². The van der Waals surface area contributed by atoms with Gasteiger partial charge in [0, 0.05) is 0 Å². The molecule has 12 nitrogen and oxygen atoms in total. The third kappa shape index (κ3) is 2.33. The van der Waals surface area contributed by atoms with Gasteiger partial charge in [0.05, 0.1) is 6.33 Å². The number of aliphatic hydroxyl groups is 3. The number of hydrogen-bond acceptors (Lipinski definition) is 9. The summed E-state index contributed by atoms with van der Waals surface area (Å²) in [7, 11) is 0. The number of carboxylic acids is 1. The molecule has 0 aromatic carbocycles. The highest BCUT2D eigenvalue weighted by Gasteiger charge is 2.49. The number of ether oxygens (including phenoxy) is 1. The van der Waals surface area contributed by atoms with Crippen LogP contribution in [0.15, 0.2) is 11.1 Å². The fraction of sp³-hybridized carbons (Fsp3) is 0.455. The fourth-order valence-electron chi connectivity index (χ4n) is 2.45. The number of nitrogen functional groups attached to an aromatic ring is 1. The molecule has 3 rings (SSSR count). The minimum Gasteiger partial charge on any atom is -0.479 e. The van der Waals surface area contributed by atoms with E-state index in [1.54, 1.807) is 0 Å². The number of hydrogen-bond donors (Lipinski definition) is 6. The molecular formula is C11H13N5O7. The summed E-state index contributed by atoms with van der Waals surface area (Å²) in [4.78, 5) is 32.5. The maximum absolute atomic E-state index is 11.7. The van der Waals surface area contributed by atoms with Crippen LogP contribution in [-0.2, 0) is 9.53 Å². The van der Waals surface area contributed by atoms with Crippen LogP contribution in [0, 0.1) is 0 Å². The quantitative estimate of drug-likeness (QED) is 0.333. The predicted molar refractivity (Wildman–Crippen MR) is 72.1 cm³/mol. The smallest absolute Gasteiger partial charge is 0.335 e. The lowest BCUT2D eigenvalue weighted by Gasteiger charge is -2.17. The average molecular weight is 327 g/mol. The van der Waals surface area contributed by atoms with Crippen molar-refractivity contribution >= 4 is 23.1 Å². The molecule has 0 saturated carbocycles. The topological polar surface area (TPSA) is 197 Å². The third-order valence-corrected chi connectivity index (χ3v) is 3.56. The molecule has 23 heavy (non-hydrogen) atoms. The maximum atomic E-state index is 11.7. The number of nitrogens with zero attached hydrogens (tertiary/aromatic N) is 3. The molecule has 1 aliphatic rings. The van der Waals surface area contributed by atoms with Crippen molar-refractivity contribution in [3.63, 3.8) is 0 Å². The van der Waals surface area contributed by atoms with E-state index in [9.17, 15) is 24.9 Å². The van der Waals surface area contributed by atoms with Crippen LogP contribution in [0.2, 0.25) is 0 Å². The first-order valence-corrected chi connectivity index (χ1v) is 6.46. The molecule has 1 fully saturated rings. The number of aliphatic hydroxyl groups excluding tert-OH is 3. The van der Waals surface area contributed by atoms with Crippen molar-refractivity contribution in [2.24, 2.45) is 0 Å². The van der Waals surface area contributed by atoms with Crippen LogP contribution < -0.4 is 11.3 Å². The van der Waals surface area contributed by atoms with E-state index in [1.807, 2.05) is 0 Å². The van der Waals surface area contributed by atoms with Crippen molar-refractivity contribution in [1.82, 2.24) is 19.5 Å². The Balaban J connectivity index is 2.03. The SMILES string of the molecule is Nc1nc2c(ncn2C2OC(C(O)C(=O)O)C(O)C2O)c(=O)[nH]1. The Morgan fingerprint density at radius 2 is 2.13 bits per heavy atom. The minimum atomic E-state index is -2.04. The summed E-state index contributed by atoms with van der Waals surface area (Å²) in [6.45, 7) is 0. The molecule has 0 bridgehead atoms. The molecule has 12 heteroatoms. The molecule has 3 heterocycles. The molecule has 2 aromatic rings. The highest BCUT2D eigenvalue weighted by Crippen LogP contribution is 2.32. The number of aliphatic carboxylic acids is 1. The molecule has 1 aliphatic heterocycles. The molecule has 124 valence electrons. The molecule has 1 saturated heterocycles. The number of H-pyrrole nitrogens is 1. The Bertz CT molecular complexity index is 817. The van der Waals surface area contributed by atoms with Crippen molar-refractivity contribution in [3.05, 3.63) is 16.7 Å². The van der Waals surface area contributed by atoms with Crippen LogP contribution in [0.5, 0.6) is 0 Å². The second kappa shape index (κ2) is 5.27. The van der Waals surface area contributed by atoms with Gasteiger partial charge in [-0.05, 0) is 0 Å². The van der Waals surface area contributed by atoms with Gasteiger partial charge in [0.25, 0.3) is 5.56 Å². The number of carbonyl (C=O) groups is 1. The van der Waals surface area contributed by atoms with Gasteiger partial charge in [-0.15, -0.1) is 0 Å². The summed E-state index contributed by atoms with van der Waals surface area (Å²) < 4.78 is 6.37. The van der Waals surface area contributed by atoms with E-state index in [1.165, 1.54) is 0 Å². The number of carboxylic acid groups (broad SMARTS) is 1. The summed E-state index contributed by atoms with van der Waals surface area (Å²) in [6, 6.07) is 0. The number of anilines is 1. The molecular weight excluding hydrogens is 314 g/mol. The molecule has 5 unspecified atom stereocenters. The first kappa shape index (κ1) is 15.4. The van der Waals surface area contributed by atoms with Gasteiger partial charge in [-0.3, -0.25) is 14.3 Å². The summed E-state index contributed by atoms with van der Waals surface area (Å²) in [5.74, 6) is -1.81. The molecule has 0 aliphatic carbocycles. The van der Waals surface area contributed by atoms with Crippen LogP contribution in [0.4, 0.5) is 5.95 Å². The Labute approximate surface area is 126 Å². The molecule has 5 atom stereocenters. The lowest BCUT2D eigenvalue weighted by molar-refractivity contribution is -0.160. The van der Waals surface area contributed by atoms with Crippen molar-refractivity contribution in [2.75, 3.05) is 5.73 Å². The lowest BCUT2D eigenvalue weighted by atomic mass is 10.1. The zero-order valence-corrected chi connectivity index (χ0v) is 11.4. The minimum absolute atomic E-state index is 0.0204. The fourth-order valence-corrected chi connectivity index (χ4v) is 2.45. The van der Waals surface area contributed by atoms with Gasteiger partial charge < -0.3 is 30.9 Å². The first-order chi connectivity index (χ1) is 10.8. The van der Waals surface area contributed by atoms with E-state index in [2.05, 4.69) is 15.0 Å².